The lowest BCUT2D eigenvalue weighted by molar-refractivity contribution is -0.239. The Morgan fingerprint density at radius 1 is 1.00 bits per heavy atom. The molecule has 0 aromatic rings. The van der Waals surface area contributed by atoms with Crippen LogP contribution < -0.4 is 0 Å². The Morgan fingerprint density at radius 2 is 1.67 bits per heavy atom. The zero-order valence-electron chi connectivity index (χ0n) is 21.3. The van der Waals surface area contributed by atoms with E-state index in [1.165, 1.54) is 13.0 Å². The number of rotatable bonds is 1. The molecule has 0 aromatic carbocycles. The minimum absolute atomic E-state index is 0.291. The quantitative estimate of drug-likeness (QED) is 0.305. The zero-order valence-corrected chi connectivity index (χ0v) is 21.3. The lowest BCUT2D eigenvalue weighted by atomic mass is 9.35. The van der Waals surface area contributed by atoms with Gasteiger partial charge in [-0.3, -0.25) is 9.59 Å². The second kappa shape index (κ2) is 5.96. The molecule has 0 N–H and O–H groups in total. The minimum atomic E-state index is -1.85. The van der Waals surface area contributed by atoms with E-state index in [-0.39, 0.29) is 0 Å². The van der Waals surface area contributed by atoms with Crippen LogP contribution in [0.2, 0.25) is 0 Å². The maximum atomic E-state index is 13.9. The fourth-order valence-corrected chi connectivity index (χ4v) is 8.77. The SMILES string of the molecule is C=C1C2(C=CC(=O)OC2(C)C)CC[C@]2(C)C13OC14C(=O)OC(C)(C(=C)C12C(=O)OC4C)C3OC(C)=O. The molecule has 0 amide bonds. The highest BCUT2D eigenvalue weighted by Crippen LogP contribution is 2.84. The van der Waals surface area contributed by atoms with Gasteiger partial charge in [-0.05, 0) is 51.7 Å². The van der Waals surface area contributed by atoms with Crippen molar-refractivity contribution in [2.24, 2.45) is 16.2 Å². The Labute approximate surface area is 208 Å². The molecule has 6 rings (SSSR count). The normalized spacial score (nSPS) is 51.4. The summed E-state index contributed by atoms with van der Waals surface area (Å²) < 4.78 is 30.4. The molecule has 9 heteroatoms. The highest BCUT2D eigenvalue weighted by molar-refractivity contribution is 6.02. The Kier molecular flexibility index (Phi) is 3.88. The van der Waals surface area contributed by atoms with Crippen molar-refractivity contribution in [3.8, 4) is 0 Å². The maximum Gasteiger partial charge on any atom is 0.345 e. The van der Waals surface area contributed by atoms with Crippen LogP contribution in [0.25, 0.3) is 0 Å². The smallest absolute Gasteiger partial charge is 0.345 e. The van der Waals surface area contributed by atoms with Crippen molar-refractivity contribution in [2.75, 3.05) is 0 Å². The number of cyclic esters (lactones) is 2. The van der Waals surface area contributed by atoms with Crippen LogP contribution in [0.15, 0.2) is 36.5 Å². The van der Waals surface area contributed by atoms with Gasteiger partial charge in [-0.2, -0.15) is 0 Å². The standard InChI is InChI=1S/C27H30O9/c1-13-23(8)18(33-16(4)28)26-14(2)24(10-9-17(29)34-21(24,5)6)12-11-22(26,7)25(13)19(30)32-15(3)27(25,36-26)20(31)35-23/h9-10,15,18H,1-2,11-12H2,3-8H3/t15?,18?,22-,23?,24?,25?,26?,27?/m0/s1. The molecule has 3 bridgehead atoms. The lowest BCUT2D eigenvalue weighted by Crippen LogP contribution is -2.79. The van der Waals surface area contributed by atoms with Gasteiger partial charge in [0.15, 0.2) is 11.7 Å². The Morgan fingerprint density at radius 3 is 2.28 bits per heavy atom. The number of carbonyl (C=O) groups excluding carboxylic acids is 4. The predicted molar refractivity (Wildman–Crippen MR) is 122 cm³/mol. The molecule has 6 aliphatic rings. The summed E-state index contributed by atoms with van der Waals surface area (Å²) in [7, 11) is 0. The third-order valence-electron chi connectivity index (χ3n) is 10.4. The van der Waals surface area contributed by atoms with Gasteiger partial charge in [-0.15, -0.1) is 0 Å². The van der Waals surface area contributed by atoms with Crippen molar-refractivity contribution in [1.82, 2.24) is 0 Å². The highest BCUT2D eigenvalue weighted by atomic mass is 16.7. The van der Waals surface area contributed by atoms with E-state index in [9.17, 15) is 19.2 Å². The first-order valence-corrected chi connectivity index (χ1v) is 12.2. The molecule has 9 nitrogen and oxygen atoms in total. The molecule has 2 spiro atoms. The van der Waals surface area contributed by atoms with E-state index in [4.69, 9.17) is 23.7 Å². The summed E-state index contributed by atoms with van der Waals surface area (Å²) in [4.78, 5) is 52.6. The third-order valence-corrected chi connectivity index (χ3v) is 10.4. The van der Waals surface area contributed by atoms with Crippen LogP contribution in [0.3, 0.4) is 0 Å². The fraction of sp³-hybridized carbons (Fsp3) is 0.630. The molecule has 0 radical (unpaired) electrons. The van der Waals surface area contributed by atoms with Crippen LogP contribution in [0, 0.1) is 16.2 Å². The molecule has 5 fully saturated rings. The van der Waals surface area contributed by atoms with Gasteiger partial charge in [0.25, 0.3) is 0 Å². The summed E-state index contributed by atoms with van der Waals surface area (Å²) in [6, 6.07) is 0. The van der Waals surface area contributed by atoms with E-state index >= 15 is 0 Å². The average Bonchev–Trinajstić information content (AvgIpc) is 3.07. The first-order valence-electron chi connectivity index (χ1n) is 12.2. The van der Waals surface area contributed by atoms with Gasteiger partial charge in [0.2, 0.25) is 5.60 Å². The summed E-state index contributed by atoms with van der Waals surface area (Å²) >= 11 is 0. The van der Waals surface area contributed by atoms with E-state index < -0.39 is 74.7 Å². The first kappa shape index (κ1) is 23.5. The first-order chi connectivity index (χ1) is 16.5. The molecule has 4 heterocycles. The van der Waals surface area contributed by atoms with Crippen molar-refractivity contribution in [3.05, 3.63) is 36.5 Å². The second-order valence-electron chi connectivity index (χ2n) is 11.9. The van der Waals surface area contributed by atoms with Crippen LogP contribution in [-0.2, 0) is 42.9 Å². The largest absolute Gasteiger partial charge is 0.458 e. The second-order valence-corrected chi connectivity index (χ2v) is 11.9. The van der Waals surface area contributed by atoms with Gasteiger partial charge in [0.05, 0.1) is 5.41 Å². The molecule has 3 saturated heterocycles. The highest BCUT2D eigenvalue weighted by Gasteiger charge is 2.99. The molecule has 2 aliphatic carbocycles. The molecule has 192 valence electrons. The number of carbonyl (C=O) groups is 4. The summed E-state index contributed by atoms with van der Waals surface area (Å²) in [5, 5.41) is 0. The van der Waals surface area contributed by atoms with Crippen molar-refractivity contribution < 1.29 is 42.9 Å². The Hall–Kier alpha value is -2.94. The van der Waals surface area contributed by atoms with Gasteiger partial charge < -0.3 is 23.7 Å². The third kappa shape index (κ3) is 1.82. The monoisotopic (exact) mass is 498 g/mol. The zero-order chi connectivity index (χ0) is 26.5. The van der Waals surface area contributed by atoms with E-state index in [0.717, 1.165) is 0 Å². The number of hydrogen-bond donors (Lipinski definition) is 0. The molecular formula is C27H30O9. The fourth-order valence-electron chi connectivity index (χ4n) is 8.77. The van der Waals surface area contributed by atoms with E-state index in [1.54, 1.807) is 33.8 Å². The van der Waals surface area contributed by atoms with Gasteiger partial charge in [-0.25, -0.2) is 9.59 Å². The van der Waals surface area contributed by atoms with Crippen LogP contribution in [0.4, 0.5) is 0 Å². The average molecular weight is 499 g/mol. The molecular weight excluding hydrogens is 468 g/mol. The molecule has 0 aromatic heterocycles. The van der Waals surface area contributed by atoms with Gasteiger partial charge in [-0.1, -0.05) is 26.2 Å². The molecule has 4 aliphatic heterocycles. The Bertz CT molecular complexity index is 1260. The summed E-state index contributed by atoms with van der Waals surface area (Å²) in [5.74, 6) is -2.47. The maximum absolute atomic E-state index is 13.9. The molecule has 36 heavy (non-hydrogen) atoms. The molecule has 8 atom stereocenters. The van der Waals surface area contributed by atoms with E-state index in [0.29, 0.717) is 24.0 Å². The number of ether oxygens (including phenoxy) is 5. The molecule has 2 saturated carbocycles. The van der Waals surface area contributed by atoms with Crippen molar-refractivity contribution in [2.45, 2.75) is 89.0 Å². The van der Waals surface area contributed by atoms with Crippen molar-refractivity contribution in [3.63, 3.8) is 0 Å². The van der Waals surface area contributed by atoms with Crippen molar-refractivity contribution >= 4 is 23.9 Å². The number of esters is 4. The van der Waals surface area contributed by atoms with Gasteiger partial charge in [0, 0.05) is 18.4 Å². The minimum Gasteiger partial charge on any atom is -0.458 e. The summed E-state index contributed by atoms with van der Waals surface area (Å²) in [5.41, 5.74) is -9.02. The number of fused-ring (bicyclic) bond motifs is 1. The summed E-state index contributed by atoms with van der Waals surface area (Å²) in [6.45, 7) is 18.7. The topological polar surface area (TPSA) is 114 Å². The van der Waals surface area contributed by atoms with Crippen LogP contribution >= 0.6 is 0 Å². The van der Waals surface area contributed by atoms with Gasteiger partial charge in [0.1, 0.15) is 22.7 Å². The van der Waals surface area contributed by atoms with Gasteiger partial charge >= 0.3 is 23.9 Å². The molecule has 7 unspecified atom stereocenters. The summed E-state index contributed by atoms with van der Waals surface area (Å²) in [6.07, 6.45) is 1.69. The van der Waals surface area contributed by atoms with E-state index in [1.807, 2.05) is 6.92 Å². The van der Waals surface area contributed by atoms with E-state index in [2.05, 4.69) is 13.2 Å². The van der Waals surface area contributed by atoms with Crippen LogP contribution in [-0.4, -0.2) is 58.5 Å². The van der Waals surface area contributed by atoms with Crippen LogP contribution in [0.1, 0.15) is 54.4 Å². The lowest BCUT2D eigenvalue weighted by Gasteiger charge is -2.67. The van der Waals surface area contributed by atoms with Crippen molar-refractivity contribution in [1.29, 1.82) is 0 Å². The van der Waals surface area contributed by atoms with Crippen LogP contribution in [0.5, 0.6) is 0 Å². The Balaban J connectivity index is 1.74. The predicted octanol–water partition coefficient (Wildman–Crippen LogP) is 2.48. The number of hydrogen-bond acceptors (Lipinski definition) is 9.